The van der Waals surface area contributed by atoms with Gasteiger partial charge in [0.15, 0.2) is 17.9 Å². The molecule has 0 bridgehead atoms. The molecular formula is C64H126N20O9S3. The van der Waals surface area contributed by atoms with Gasteiger partial charge in [-0.05, 0) is 89.4 Å². The molecule has 0 aromatic carbocycles. The van der Waals surface area contributed by atoms with Crippen LogP contribution in [0.15, 0.2) is 15.0 Å². The van der Waals surface area contributed by atoms with Crippen LogP contribution in [0.4, 0.5) is 0 Å². The van der Waals surface area contributed by atoms with E-state index in [2.05, 4.69) is 105 Å². The van der Waals surface area contributed by atoms with Gasteiger partial charge in [0.1, 0.15) is 0 Å². The third-order valence-corrected chi connectivity index (χ3v) is 18.6. The Morgan fingerprint density at radius 3 is 1.24 bits per heavy atom. The van der Waals surface area contributed by atoms with Crippen LogP contribution in [0.25, 0.3) is 0 Å². The molecule has 0 aromatic heterocycles. The fraction of sp³-hybridized carbons (Fsp3) is 0.812. The van der Waals surface area contributed by atoms with E-state index >= 15 is 0 Å². The summed E-state index contributed by atoms with van der Waals surface area (Å²) >= 11 is 4.35. The van der Waals surface area contributed by atoms with Crippen molar-refractivity contribution in [2.45, 2.75) is 179 Å². The second-order valence-electron chi connectivity index (χ2n) is 23.3. The number of rotatable bonds is 47. The van der Waals surface area contributed by atoms with Crippen molar-refractivity contribution < 1.29 is 43.2 Å². The number of nitrogens with zero attached hydrogens (tertiary/aromatic N) is 4. The molecule has 1 saturated heterocycles. The van der Waals surface area contributed by atoms with E-state index in [0.29, 0.717) is 119 Å². The molecule has 1 aliphatic carbocycles. The smallest absolute Gasteiger partial charge is 0.242 e. The summed E-state index contributed by atoms with van der Waals surface area (Å²) in [7, 11) is 10.4. The molecule has 2 fully saturated rings. The predicted octanol–water partition coefficient (Wildman–Crippen LogP) is 0.574. The molecule has 554 valence electrons. The summed E-state index contributed by atoms with van der Waals surface area (Å²) in [5.41, 5.74) is 17.8. The Labute approximate surface area is 586 Å². The number of thioether (sulfide) groups is 3. The molecule has 19 N–H and O–H groups in total. The maximum absolute atomic E-state index is 12.9. The highest BCUT2D eigenvalue weighted by atomic mass is 32.2. The van der Waals surface area contributed by atoms with Crippen LogP contribution in [0.2, 0.25) is 0 Å². The van der Waals surface area contributed by atoms with Crippen molar-refractivity contribution >= 4 is 106 Å². The second-order valence-corrected chi connectivity index (χ2v) is 26.8. The molecule has 0 aromatic rings. The number of nitrogens with one attached hydrogen (secondary N) is 13. The quantitative estimate of drug-likeness (QED) is 0.0171. The second kappa shape index (κ2) is 60.4. The van der Waals surface area contributed by atoms with E-state index in [1.54, 1.807) is 42.3 Å². The molecule has 1 saturated carbocycles. The van der Waals surface area contributed by atoms with Crippen LogP contribution < -0.4 is 86.3 Å². The minimum atomic E-state index is -0.596. The van der Waals surface area contributed by atoms with Gasteiger partial charge in [-0.25, -0.2) is 0 Å². The third kappa shape index (κ3) is 46.4. The Morgan fingerprint density at radius 2 is 0.844 bits per heavy atom. The van der Waals surface area contributed by atoms with Crippen molar-refractivity contribution in [1.29, 1.82) is 0 Å². The number of hydrogen-bond acceptors (Lipinski definition) is 18. The lowest BCUT2D eigenvalue weighted by Crippen LogP contribution is -2.42. The minimum Gasteiger partial charge on any atom is -0.359 e. The third-order valence-electron chi connectivity index (χ3n) is 15.4. The number of carbonyl (C=O) groups is 9. The summed E-state index contributed by atoms with van der Waals surface area (Å²) in [4.78, 5) is 122. The van der Waals surface area contributed by atoms with Crippen molar-refractivity contribution in [1.82, 2.24) is 74.0 Å². The maximum atomic E-state index is 12.9. The molecule has 29 nitrogen and oxygen atoms in total. The number of likely N-dealkylation sites (tertiary alicyclic amines) is 1. The van der Waals surface area contributed by atoms with Gasteiger partial charge in [0.2, 0.25) is 53.2 Å². The Hall–Kier alpha value is -5.83. The molecule has 9 amide bonds. The van der Waals surface area contributed by atoms with E-state index in [1.165, 1.54) is 40.2 Å². The van der Waals surface area contributed by atoms with Crippen LogP contribution in [0.5, 0.6) is 0 Å². The number of amides is 9. The molecule has 4 atom stereocenters. The van der Waals surface area contributed by atoms with E-state index in [1.807, 2.05) is 0 Å². The van der Waals surface area contributed by atoms with Crippen molar-refractivity contribution in [3.05, 3.63) is 0 Å². The van der Waals surface area contributed by atoms with E-state index in [0.717, 1.165) is 122 Å². The average molecular weight is 1420 g/mol. The number of hydrogen-bond donors (Lipinski definition) is 16. The van der Waals surface area contributed by atoms with Gasteiger partial charge in [-0.2, -0.15) is 23.5 Å². The van der Waals surface area contributed by atoms with Crippen LogP contribution in [0, 0.1) is 11.8 Å². The van der Waals surface area contributed by atoms with Crippen LogP contribution in [-0.4, -0.2) is 242 Å². The first-order valence-electron chi connectivity index (χ1n) is 34.7. The van der Waals surface area contributed by atoms with Gasteiger partial charge < -0.3 is 86.3 Å². The maximum Gasteiger partial charge on any atom is 0.242 e. The molecule has 1 heterocycles. The van der Waals surface area contributed by atoms with E-state index in [4.69, 9.17) is 17.2 Å². The Balaban J connectivity index is 0.00000144. The van der Waals surface area contributed by atoms with Crippen LogP contribution >= 0.6 is 35.3 Å². The molecule has 0 radical (unpaired) electrons. The fourth-order valence-corrected chi connectivity index (χ4v) is 12.1. The summed E-state index contributed by atoms with van der Waals surface area (Å²) in [6, 6.07) is -1.67. The van der Waals surface area contributed by atoms with Crippen LogP contribution in [0.3, 0.4) is 0 Å². The highest BCUT2D eigenvalue weighted by Crippen LogP contribution is 2.32. The lowest BCUT2D eigenvalue weighted by Gasteiger charge is -2.30. The van der Waals surface area contributed by atoms with Gasteiger partial charge >= 0.3 is 0 Å². The van der Waals surface area contributed by atoms with Crippen LogP contribution in [0.1, 0.15) is 156 Å². The van der Waals surface area contributed by atoms with Crippen molar-refractivity contribution in [2.24, 2.45) is 44.0 Å². The first-order chi connectivity index (χ1) is 46.3. The molecule has 1 aliphatic heterocycles. The van der Waals surface area contributed by atoms with Gasteiger partial charge in [0, 0.05) is 150 Å². The normalized spacial score (nSPS) is 16.4. The molecular weight excluding hydrogens is 1290 g/mol. The number of aliphatic imine (C=N–C) groups is 3. The molecule has 96 heavy (non-hydrogen) atoms. The van der Waals surface area contributed by atoms with E-state index < -0.39 is 23.4 Å². The summed E-state index contributed by atoms with van der Waals surface area (Å²) in [6.07, 6.45) is 17.6. The topological polar surface area (TPSA) is 428 Å². The number of imide groups is 1. The standard InChI is InChI=1S/C27H49N7O4S.C20H41N7O3S.C17H36N6O2S/c1-4-5-6-13-31-24(36)20-11-9-19(10-12-20)18-34-23(35)17-22(26(34)38)39-16-15-32-25(37)21(28)8-7-14-33-27(29-2)30-3;1-4-5-6-10-24-17(28)9-12-25-18(29)15-31-14-13-26-19(30)16(21)8-7-11-27-20(22-2)23-3;1-4-5-6-9-21-15(24)13-26-12-11-22-16(25)14(18)8-7-10-23-17(19-2)20-3/h19-22H,4-18,28H2,1-3H3,(H,31,36)(H,32,37)(H2,29,30,33);16H,4-15,21H2,1-3H3,(H,24,28)(H,25,29)(H,26,30)(H2,22,23,27);14H,4-13,18H2,1-3H3,(H,21,24)(H,22,25)(H2,19,20,23). The van der Waals surface area contributed by atoms with E-state index in [-0.39, 0.29) is 77.8 Å². The van der Waals surface area contributed by atoms with Crippen molar-refractivity contribution in [3.63, 3.8) is 0 Å². The summed E-state index contributed by atoms with van der Waals surface area (Å²) in [5, 5.41) is 37.7. The van der Waals surface area contributed by atoms with Crippen LogP contribution in [-0.2, 0) is 43.2 Å². The first-order valence-corrected chi connectivity index (χ1v) is 38.1. The molecule has 2 aliphatic rings. The Morgan fingerprint density at radius 1 is 0.469 bits per heavy atom. The lowest BCUT2D eigenvalue weighted by atomic mass is 9.81. The molecule has 4 unspecified atom stereocenters. The van der Waals surface area contributed by atoms with Crippen molar-refractivity contribution in [3.8, 4) is 0 Å². The van der Waals surface area contributed by atoms with Gasteiger partial charge in [0.25, 0.3) is 0 Å². The summed E-state index contributed by atoms with van der Waals surface area (Å²) < 4.78 is 0. The largest absolute Gasteiger partial charge is 0.359 e. The Bertz CT molecular complexity index is 2270. The van der Waals surface area contributed by atoms with E-state index in [9.17, 15) is 43.2 Å². The molecule has 2 rings (SSSR count). The van der Waals surface area contributed by atoms with Gasteiger partial charge in [-0.15, -0.1) is 11.8 Å². The molecule has 0 spiro atoms. The zero-order chi connectivity index (χ0) is 71.6. The zero-order valence-electron chi connectivity index (χ0n) is 59.5. The molecule has 32 heteroatoms. The number of guanidine groups is 3. The number of nitrogens with two attached hydrogens (primary N) is 3. The predicted molar refractivity (Wildman–Crippen MR) is 395 cm³/mol. The average Bonchev–Trinajstić information content (AvgIpc) is 1.67. The SMILES string of the molecule is CCCCCNC(=O)C1CCC(CN2C(=O)CC(SCCNC(=O)C(N)CCCNC(=NC)NC)C2=O)CC1.CCCCCNC(=O)CCNC(=O)CSCCNC(=O)C(N)CCCNC(=NC)NC.CCCCCNC(=O)CSCCNC(=O)C(N)CCCNC(=NC)NC. The Kier molecular flexibility index (Phi) is 56.7. The summed E-state index contributed by atoms with van der Waals surface area (Å²) in [5.74, 6) is 4.19. The summed E-state index contributed by atoms with van der Waals surface area (Å²) in [6.45, 7) is 12.8. The number of unbranched alkanes of at least 4 members (excludes halogenated alkanes) is 6. The van der Waals surface area contributed by atoms with Gasteiger partial charge in [-0.3, -0.25) is 63.0 Å². The van der Waals surface area contributed by atoms with Gasteiger partial charge in [-0.1, -0.05) is 59.3 Å². The number of carbonyl (C=O) groups excluding carboxylic acids is 9. The minimum absolute atomic E-state index is 0.0397. The highest BCUT2D eigenvalue weighted by Gasteiger charge is 2.40. The lowest BCUT2D eigenvalue weighted by molar-refractivity contribution is -0.140. The fourth-order valence-electron chi connectivity index (χ4n) is 9.69. The first kappa shape index (κ1) is 90.2. The van der Waals surface area contributed by atoms with Crippen molar-refractivity contribution in [2.75, 3.05) is 143 Å². The van der Waals surface area contributed by atoms with Gasteiger partial charge in [0.05, 0.1) is 34.9 Å². The monoisotopic (exact) mass is 1410 g/mol. The highest BCUT2D eigenvalue weighted by molar-refractivity contribution is 8.00. The zero-order valence-corrected chi connectivity index (χ0v) is 62.0.